The molecule has 2 N–H and O–H groups in total. The van der Waals surface area contributed by atoms with Gasteiger partial charge in [0.05, 0.1) is 0 Å². The summed E-state index contributed by atoms with van der Waals surface area (Å²) >= 11 is 0. The molecule has 4 bridgehead atoms. The van der Waals surface area contributed by atoms with E-state index >= 15 is 0 Å². The fraction of sp³-hybridized carbons (Fsp3) is 0.714. The molecule has 1 aromatic heterocycles. The van der Waals surface area contributed by atoms with Gasteiger partial charge in [-0.25, -0.2) is 4.98 Å². The SMILES string of the molecule is O=C(Nc1ncc[nH]1)C1C2CC3CC(C2)CC1C3. The van der Waals surface area contributed by atoms with Crippen LogP contribution in [0.3, 0.4) is 0 Å². The van der Waals surface area contributed by atoms with E-state index in [-0.39, 0.29) is 11.8 Å². The lowest BCUT2D eigenvalue weighted by Gasteiger charge is -2.53. The largest absolute Gasteiger partial charge is 0.331 e. The number of H-pyrrole nitrogens is 1. The lowest BCUT2D eigenvalue weighted by molar-refractivity contribution is -0.132. The van der Waals surface area contributed by atoms with Crippen molar-refractivity contribution in [1.82, 2.24) is 9.97 Å². The van der Waals surface area contributed by atoms with E-state index in [0.29, 0.717) is 17.8 Å². The van der Waals surface area contributed by atoms with E-state index in [2.05, 4.69) is 15.3 Å². The Kier molecular flexibility index (Phi) is 2.26. The van der Waals surface area contributed by atoms with Crippen molar-refractivity contribution in [1.29, 1.82) is 0 Å². The molecule has 4 aliphatic rings. The van der Waals surface area contributed by atoms with Gasteiger partial charge in [-0.3, -0.25) is 10.1 Å². The number of hydrogen-bond acceptors (Lipinski definition) is 2. The molecule has 0 unspecified atom stereocenters. The Balaban J connectivity index is 1.52. The van der Waals surface area contributed by atoms with E-state index in [9.17, 15) is 4.79 Å². The van der Waals surface area contributed by atoms with Crippen molar-refractivity contribution >= 4 is 11.9 Å². The Bertz CT molecular complexity index is 426. The molecule has 4 aliphatic carbocycles. The molecule has 0 aliphatic heterocycles. The number of anilines is 1. The summed E-state index contributed by atoms with van der Waals surface area (Å²) in [5, 5.41) is 2.94. The zero-order chi connectivity index (χ0) is 12.1. The minimum atomic E-state index is 0.193. The molecule has 4 nitrogen and oxygen atoms in total. The lowest BCUT2D eigenvalue weighted by Crippen LogP contribution is -2.49. The average molecular weight is 245 g/mol. The van der Waals surface area contributed by atoms with Crippen molar-refractivity contribution in [2.24, 2.45) is 29.6 Å². The first-order valence-electron chi connectivity index (χ1n) is 7.10. The standard InChI is InChI=1S/C14H19N3O/c18-13(17-14-15-1-2-16-14)12-10-4-8-3-9(6-10)7-11(12)5-8/h1-2,8-12H,3-7H2,(H2,15,16,17,18). The Morgan fingerprint density at radius 1 is 1.17 bits per heavy atom. The number of carbonyl (C=O) groups is 1. The number of nitrogens with zero attached hydrogens (tertiary/aromatic N) is 1. The number of aromatic amines is 1. The number of nitrogens with one attached hydrogen (secondary N) is 2. The van der Waals surface area contributed by atoms with Crippen molar-refractivity contribution in [3.8, 4) is 0 Å². The van der Waals surface area contributed by atoms with E-state index in [1.165, 1.54) is 32.1 Å². The summed E-state index contributed by atoms with van der Waals surface area (Å²) < 4.78 is 0. The molecular formula is C14H19N3O. The van der Waals surface area contributed by atoms with Crippen LogP contribution in [0.15, 0.2) is 12.4 Å². The third kappa shape index (κ3) is 1.58. The summed E-state index contributed by atoms with van der Waals surface area (Å²) in [5.41, 5.74) is 0. The van der Waals surface area contributed by atoms with E-state index in [1.54, 1.807) is 12.4 Å². The van der Waals surface area contributed by atoms with Gasteiger partial charge in [-0.1, -0.05) is 0 Å². The van der Waals surface area contributed by atoms with Crippen molar-refractivity contribution < 1.29 is 4.79 Å². The molecule has 1 aromatic rings. The highest BCUT2D eigenvalue weighted by molar-refractivity contribution is 5.91. The Morgan fingerprint density at radius 3 is 2.39 bits per heavy atom. The van der Waals surface area contributed by atoms with Crippen LogP contribution in [0.1, 0.15) is 32.1 Å². The van der Waals surface area contributed by atoms with E-state index in [1.807, 2.05) is 0 Å². The molecule has 1 amide bonds. The monoisotopic (exact) mass is 245 g/mol. The van der Waals surface area contributed by atoms with Gasteiger partial charge in [0, 0.05) is 18.3 Å². The predicted octanol–water partition coefficient (Wildman–Crippen LogP) is 2.42. The summed E-state index contributed by atoms with van der Waals surface area (Å²) in [7, 11) is 0. The van der Waals surface area contributed by atoms with Crippen LogP contribution in [0, 0.1) is 29.6 Å². The van der Waals surface area contributed by atoms with E-state index in [4.69, 9.17) is 0 Å². The van der Waals surface area contributed by atoms with Gasteiger partial charge in [0.2, 0.25) is 11.9 Å². The van der Waals surface area contributed by atoms with Gasteiger partial charge < -0.3 is 4.98 Å². The molecule has 0 atom stereocenters. The van der Waals surface area contributed by atoms with Gasteiger partial charge in [0.25, 0.3) is 0 Å². The molecule has 0 aromatic carbocycles. The molecule has 4 fully saturated rings. The normalized spacial score (nSPS) is 41.0. The van der Waals surface area contributed by atoms with Gasteiger partial charge in [-0.15, -0.1) is 0 Å². The maximum atomic E-state index is 12.4. The summed E-state index contributed by atoms with van der Waals surface area (Å²) in [6.45, 7) is 0. The van der Waals surface area contributed by atoms with Gasteiger partial charge in [0.15, 0.2) is 0 Å². The highest BCUT2D eigenvalue weighted by Gasteiger charge is 2.50. The van der Waals surface area contributed by atoms with Gasteiger partial charge in [-0.2, -0.15) is 0 Å². The maximum Gasteiger partial charge on any atom is 0.230 e. The first-order valence-corrected chi connectivity index (χ1v) is 7.10. The van der Waals surface area contributed by atoms with Crippen molar-refractivity contribution in [3.63, 3.8) is 0 Å². The van der Waals surface area contributed by atoms with Crippen molar-refractivity contribution in [2.45, 2.75) is 32.1 Å². The molecule has 4 heteroatoms. The second-order valence-electron chi connectivity index (χ2n) is 6.38. The summed E-state index contributed by atoms with van der Waals surface area (Å²) in [6.07, 6.45) is 9.97. The maximum absolute atomic E-state index is 12.4. The molecule has 0 radical (unpaired) electrons. The summed E-state index contributed by atoms with van der Waals surface area (Å²) in [6, 6.07) is 0. The summed E-state index contributed by atoms with van der Waals surface area (Å²) in [5.74, 6) is 4.13. The topological polar surface area (TPSA) is 57.8 Å². The van der Waals surface area contributed by atoms with Crippen molar-refractivity contribution in [3.05, 3.63) is 12.4 Å². The Hall–Kier alpha value is -1.32. The number of carbonyl (C=O) groups excluding carboxylic acids is 1. The molecule has 5 rings (SSSR count). The van der Waals surface area contributed by atoms with Gasteiger partial charge in [-0.05, 0) is 55.8 Å². The fourth-order valence-corrected chi connectivity index (χ4v) is 4.89. The van der Waals surface area contributed by atoms with Crippen LogP contribution in [-0.2, 0) is 4.79 Å². The van der Waals surface area contributed by atoms with Crippen LogP contribution in [0.2, 0.25) is 0 Å². The third-order valence-electron chi connectivity index (χ3n) is 5.27. The molecule has 96 valence electrons. The zero-order valence-corrected chi connectivity index (χ0v) is 10.4. The first kappa shape index (κ1) is 10.6. The number of amides is 1. The fourth-order valence-electron chi connectivity index (χ4n) is 4.89. The highest BCUT2D eigenvalue weighted by atomic mass is 16.2. The molecular weight excluding hydrogens is 226 g/mol. The second kappa shape index (κ2) is 3.84. The highest BCUT2D eigenvalue weighted by Crippen LogP contribution is 2.56. The Morgan fingerprint density at radius 2 is 1.83 bits per heavy atom. The average Bonchev–Trinajstić information content (AvgIpc) is 2.80. The summed E-state index contributed by atoms with van der Waals surface area (Å²) in [4.78, 5) is 19.5. The number of hydrogen-bond donors (Lipinski definition) is 2. The molecule has 0 spiro atoms. The minimum absolute atomic E-state index is 0.193. The minimum Gasteiger partial charge on any atom is -0.331 e. The van der Waals surface area contributed by atoms with Crippen LogP contribution < -0.4 is 5.32 Å². The second-order valence-corrected chi connectivity index (χ2v) is 6.38. The van der Waals surface area contributed by atoms with Gasteiger partial charge >= 0.3 is 0 Å². The predicted molar refractivity (Wildman–Crippen MR) is 67.8 cm³/mol. The van der Waals surface area contributed by atoms with Crippen LogP contribution in [-0.4, -0.2) is 15.9 Å². The number of aromatic nitrogens is 2. The quantitative estimate of drug-likeness (QED) is 0.840. The zero-order valence-electron chi connectivity index (χ0n) is 10.4. The first-order chi connectivity index (χ1) is 8.79. The molecule has 1 heterocycles. The molecule has 18 heavy (non-hydrogen) atoms. The van der Waals surface area contributed by atoms with E-state index < -0.39 is 0 Å². The molecule has 0 saturated heterocycles. The van der Waals surface area contributed by atoms with Crippen LogP contribution in [0.5, 0.6) is 0 Å². The number of rotatable bonds is 2. The van der Waals surface area contributed by atoms with Gasteiger partial charge in [0.1, 0.15) is 0 Å². The van der Waals surface area contributed by atoms with Crippen LogP contribution in [0.25, 0.3) is 0 Å². The van der Waals surface area contributed by atoms with Crippen LogP contribution in [0.4, 0.5) is 5.95 Å². The van der Waals surface area contributed by atoms with Crippen LogP contribution >= 0.6 is 0 Å². The lowest BCUT2D eigenvalue weighted by atomic mass is 9.51. The third-order valence-corrected chi connectivity index (χ3v) is 5.27. The Labute approximate surface area is 107 Å². The smallest absolute Gasteiger partial charge is 0.230 e. The van der Waals surface area contributed by atoms with E-state index in [0.717, 1.165) is 11.8 Å². The number of imidazole rings is 1. The van der Waals surface area contributed by atoms with Crippen molar-refractivity contribution in [2.75, 3.05) is 5.32 Å². The molecule has 4 saturated carbocycles.